The molecule has 0 aromatic heterocycles. The first-order chi connectivity index (χ1) is 11.4. The zero-order valence-corrected chi connectivity index (χ0v) is 14.4. The van der Waals surface area contributed by atoms with Crippen molar-refractivity contribution in [3.63, 3.8) is 0 Å². The Kier molecular flexibility index (Phi) is 4.56. The fourth-order valence-corrected chi connectivity index (χ4v) is 4.21. The van der Waals surface area contributed by atoms with Crippen molar-refractivity contribution < 1.29 is 19.5 Å². The number of carbonyl (C=O) groups excluding carboxylic acids is 2. The van der Waals surface area contributed by atoms with E-state index in [0.29, 0.717) is 16.3 Å². The van der Waals surface area contributed by atoms with Crippen molar-refractivity contribution >= 4 is 41.1 Å². The summed E-state index contributed by atoms with van der Waals surface area (Å²) in [4.78, 5) is 37.0. The summed E-state index contributed by atoms with van der Waals surface area (Å²) in [6.07, 6.45) is 0.138. The maximum atomic E-state index is 12.3. The van der Waals surface area contributed by atoms with Crippen molar-refractivity contribution in [1.29, 1.82) is 0 Å². The third-order valence-corrected chi connectivity index (χ3v) is 5.63. The number of aliphatic carboxylic acids is 1. The van der Waals surface area contributed by atoms with Gasteiger partial charge in [-0.3, -0.25) is 14.5 Å². The van der Waals surface area contributed by atoms with Crippen molar-refractivity contribution in [3.05, 3.63) is 46.1 Å². The van der Waals surface area contributed by atoms with Gasteiger partial charge in [-0.1, -0.05) is 23.7 Å². The van der Waals surface area contributed by atoms with Gasteiger partial charge in [-0.15, -0.1) is 11.8 Å². The number of carboxylic acids is 1. The lowest BCUT2D eigenvalue weighted by molar-refractivity contribution is -0.150. The average molecular weight is 367 g/mol. The Balaban J connectivity index is 1.66. The molecule has 2 aliphatic heterocycles. The Labute approximate surface area is 147 Å². The van der Waals surface area contributed by atoms with E-state index in [9.17, 15) is 19.5 Å². The van der Waals surface area contributed by atoms with Crippen LogP contribution in [0.4, 0.5) is 0 Å². The standard InChI is InChI=1S/C16H15ClN2O4S/c1-8-7-24-15-12(14(21)19(15)13(8)16(22)23)18-11(20)6-9-2-4-10(17)5-3-9/h2-5,12,15H,6-7H2,1H3,(H,18,20)(H,22,23)/t12?,15-/m0/s1. The van der Waals surface area contributed by atoms with Gasteiger partial charge in [-0.05, 0) is 30.2 Å². The summed E-state index contributed by atoms with van der Waals surface area (Å²) < 4.78 is 0. The molecule has 1 saturated heterocycles. The first-order valence-corrected chi connectivity index (χ1v) is 8.72. The molecule has 0 radical (unpaired) electrons. The first-order valence-electron chi connectivity index (χ1n) is 7.30. The Hall–Kier alpha value is -1.99. The number of carbonyl (C=O) groups is 3. The lowest BCUT2D eigenvalue weighted by atomic mass is 10.0. The molecule has 3 rings (SSSR count). The number of amides is 2. The Morgan fingerprint density at radius 2 is 2.04 bits per heavy atom. The van der Waals surface area contributed by atoms with Crippen molar-refractivity contribution in [2.75, 3.05) is 5.75 Å². The molecule has 2 aliphatic rings. The van der Waals surface area contributed by atoms with Crippen molar-refractivity contribution in [2.45, 2.75) is 24.8 Å². The number of fused-ring (bicyclic) bond motifs is 1. The predicted molar refractivity (Wildman–Crippen MR) is 90.5 cm³/mol. The van der Waals surface area contributed by atoms with Gasteiger partial charge in [0.25, 0.3) is 5.91 Å². The first kappa shape index (κ1) is 16.9. The molecule has 1 aromatic carbocycles. The van der Waals surface area contributed by atoms with Crippen LogP contribution in [-0.4, -0.2) is 45.0 Å². The van der Waals surface area contributed by atoms with Crippen LogP contribution in [0.25, 0.3) is 0 Å². The summed E-state index contributed by atoms with van der Waals surface area (Å²) >= 11 is 7.26. The van der Waals surface area contributed by atoms with E-state index in [1.807, 2.05) is 0 Å². The smallest absolute Gasteiger partial charge is 0.352 e. The summed E-state index contributed by atoms with van der Waals surface area (Å²) in [5.41, 5.74) is 1.48. The molecule has 2 heterocycles. The van der Waals surface area contributed by atoms with Crippen LogP contribution in [0.1, 0.15) is 12.5 Å². The summed E-state index contributed by atoms with van der Waals surface area (Å²) in [5, 5.41) is 12.2. The highest BCUT2D eigenvalue weighted by Crippen LogP contribution is 2.40. The minimum atomic E-state index is -1.11. The van der Waals surface area contributed by atoms with Gasteiger partial charge in [0.05, 0.1) is 6.42 Å². The van der Waals surface area contributed by atoms with Crippen LogP contribution in [0.3, 0.4) is 0 Å². The van der Waals surface area contributed by atoms with E-state index in [4.69, 9.17) is 11.6 Å². The van der Waals surface area contributed by atoms with Crippen LogP contribution in [0.15, 0.2) is 35.5 Å². The number of carboxylic acid groups (broad SMARTS) is 1. The highest BCUT2D eigenvalue weighted by Gasteiger charge is 2.53. The van der Waals surface area contributed by atoms with Gasteiger partial charge >= 0.3 is 5.97 Å². The Bertz CT molecular complexity index is 747. The van der Waals surface area contributed by atoms with Crippen molar-refractivity contribution in [2.24, 2.45) is 0 Å². The molecule has 6 nitrogen and oxygen atoms in total. The predicted octanol–water partition coefficient (Wildman–Crippen LogP) is 1.64. The fourth-order valence-electron chi connectivity index (χ4n) is 2.79. The summed E-state index contributed by atoms with van der Waals surface area (Å²) in [6.45, 7) is 1.70. The SMILES string of the molecule is CC1=C(C(=O)O)N2C(=O)C(NC(=O)Cc3ccc(Cl)cc3)[C@@H]2SC1. The second-order valence-corrected chi connectivity index (χ2v) is 7.23. The number of benzene rings is 1. The topological polar surface area (TPSA) is 86.7 Å². The van der Waals surface area contributed by atoms with E-state index in [1.165, 1.54) is 16.7 Å². The zero-order chi connectivity index (χ0) is 17.4. The maximum Gasteiger partial charge on any atom is 0.352 e. The third kappa shape index (κ3) is 3.01. The number of thioether (sulfide) groups is 1. The quantitative estimate of drug-likeness (QED) is 0.791. The molecular weight excluding hydrogens is 352 g/mol. The van der Waals surface area contributed by atoms with Crippen LogP contribution < -0.4 is 5.32 Å². The summed E-state index contributed by atoms with van der Waals surface area (Å²) in [7, 11) is 0. The average Bonchev–Trinajstić information content (AvgIpc) is 2.54. The van der Waals surface area contributed by atoms with Crippen LogP contribution in [0, 0.1) is 0 Å². The number of nitrogens with one attached hydrogen (secondary N) is 1. The van der Waals surface area contributed by atoms with Crippen LogP contribution in [0.2, 0.25) is 5.02 Å². The van der Waals surface area contributed by atoms with Crippen LogP contribution >= 0.6 is 23.4 Å². The highest BCUT2D eigenvalue weighted by molar-refractivity contribution is 8.00. The molecular formula is C16H15ClN2O4S. The molecule has 0 saturated carbocycles. The number of nitrogens with zero attached hydrogens (tertiary/aromatic N) is 1. The van der Waals surface area contributed by atoms with Crippen LogP contribution in [-0.2, 0) is 20.8 Å². The van der Waals surface area contributed by atoms with E-state index in [0.717, 1.165) is 5.56 Å². The van der Waals surface area contributed by atoms with Crippen LogP contribution in [0.5, 0.6) is 0 Å². The van der Waals surface area contributed by atoms with E-state index in [-0.39, 0.29) is 29.3 Å². The van der Waals surface area contributed by atoms with E-state index in [1.54, 1.807) is 31.2 Å². The molecule has 126 valence electrons. The molecule has 0 spiro atoms. The summed E-state index contributed by atoms with van der Waals surface area (Å²) in [5.74, 6) is -1.25. The van der Waals surface area contributed by atoms with E-state index in [2.05, 4.69) is 5.32 Å². The minimum Gasteiger partial charge on any atom is -0.477 e. The number of halogens is 1. The van der Waals surface area contributed by atoms with Gasteiger partial charge < -0.3 is 10.4 Å². The monoisotopic (exact) mass is 366 g/mol. The minimum absolute atomic E-state index is 0.0342. The van der Waals surface area contributed by atoms with Gasteiger partial charge in [0.1, 0.15) is 17.1 Å². The largest absolute Gasteiger partial charge is 0.477 e. The Morgan fingerprint density at radius 1 is 1.38 bits per heavy atom. The molecule has 1 fully saturated rings. The number of β-lactam (4-membered cyclic amide) rings is 1. The number of hydrogen-bond acceptors (Lipinski definition) is 4. The highest BCUT2D eigenvalue weighted by atomic mass is 35.5. The van der Waals surface area contributed by atoms with Gasteiger partial charge in [0.2, 0.25) is 5.91 Å². The second-order valence-electron chi connectivity index (χ2n) is 5.69. The molecule has 2 N–H and O–H groups in total. The molecule has 8 heteroatoms. The molecule has 2 amide bonds. The third-order valence-electron chi connectivity index (χ3n) is 3.96. The molecule has 0 aliphatic carbocycles. The molecule has 24 heavy (non-hydrogen) atoms. The Morgan fingerprint density at radius 3 is 2.67 bits per heavy atom. The number of hydrogen-bond donors (Lipinski definition) is 2. The van der Waals surface area contributed by atoms with Crippen molar-refractivity contribution in [3.8, 4) is 0 Å². The fraction of sp³-hybridized carbons (Fsp3) is 0.312. The normalized spacial score (nSPS) is 22.8. The zero-order valence-electron chi connectivity index (χ0n) is 12.8. The van der Waals surface area contributed by atoms with Crippen molar-refractivity contribution in [1.82, 2.24) is 10.2 Å². The lowest BCUT2D eigenvalue weighted by Crippen LogP contribution is -2.70. The van der Waals surface area contributed by atoms with Gasteiger partial charge in [-0.2, -0.15) is 0 Å². The van der Waals surface area contributed by atoms with Gasteiger partial charge in [-0.25, -0.2) is 4.79 Å². The molecule has 1 aromatic rings. The molecule has 1 unspecified atom stereocenters. The van der Waals surface area contributed by atoms with Gasteiger partial charge in [0, 0.05) is 10.8 Å². The van der Waals surface area contributed by atoms with Gasteiger partial charge in [0.15, 0.2) is 0 Å². The molecule has 0 bridgehead atoms. The van der Waals surface area contributed by atoms with E-state index >= 15 is 0 Å². The lowest BCUT2D eigenvalue weighted by Gasteiger charge is -2.49. The second kappa shape index (κ2) is 6.49. The number of rotatable bonds is 4. The molecule has 2 atom stereocenters. The van der Waals surface area contributed by atoms with E-state index < -0.39 is 12.0 Å². The summed E-state index contributed by atoms with van der Waals surface area (Å²) in [6, 6.07) is 6.22. The maximum absolute atomic E-state index is 12.3.